The standard InChI is InChI=1S/C19H21NO3/c1-12-9-13(2)18(14(3)10-12)19(23)20-16-6-4-5-15(11-16)7-8-17(21)22/h4-6,9-11H,7-8H2,1-3H3,(H,20,23)(H,21,22). The fourth-order valence-corrected chi connectivity index (χ4v) is 2.79. The second-order valence-electron chi connectivity index (χ2n) is 5.82. The molecule has 0 radical (unpaired) electrons. The van der Waals surface area contributed by atoms with Crippen molar-refractivity contribution in [3.63, 3.8) is 0 Å². The van der Waals surface area contributed by atoms with E-state index in [-0.39, 0.29) is 12.3 Å². The Kier molecular flexibility index (Phi) is 5.16. The summed E-state index contributed by atoms with van der Waals surface area (Å²) in [6.45, 7) is 5.87. The number of hydrogen-bond donors (Lipinski definition) is 2. The monoisotopic (exact) mass is 311 g/mol. The van der Waals surface area contributed by atoms with Gasteiger partial charge in [0, 0.05) is 17.7 Å². The molecule has 23 heavy (non-hydrogen) atoms. The van der Waals surface area contributed by atoms with Crippen LogP contribution in [-0.4, -0.2) is 17.0 Å². The van der Waals surface area contributed by atoms with E-state index in [1.807, 2.05) is 51.1 Å². The molecule has 0 heterocycles. The maximum absolute atomic E-state index is 12.5. The highest BCUT2D eigenvalue weighted by Gasteiger charge is 2.13. The summed E-state index contributed by atoms with van der Waals surface area (Å²) in [4.78, 5) is 23.2. The molecule has 0 spiro atoms. The molecule has 0 fully saturated rings. The highest BCUT2D eigenvalue weighted by atomic mass is 16.4. The zero-order valence-corrected chi connectivity index (χ0v) is 13.6. The zero-order valence-electron chi connectivity index (χ0n) is 13.6. The minimum Gasteiger partial charge on any atom is -0.481 e. The molecular weight excluding hydrogens is 290 g/mol. The number of hydrogen-bond acceptors (Lipinski definition) is 2. The zero-order chi connectivity index (χ0) is 17.0. The van der Waals surface area contributed by atoms with E-state index in [2.05, 4.69) is 5.32 Å². The second kappa shape index (κ2) is 7.09. The van der Waals surface area contributed by atoms with Crippen LogP contribution in [0.4, 0.5) is 5.69 Å². The van der Waals surface area contributed by atoms with Crippen LogP contribution in [0.3, 0.4) is 0 Å². The minimum absolute atomic E-state index is 0.0770. The number of nitrogens with one attached hydrogen (secondary N) is 1. The maximum atomic E-state index is 12.5. The lowest BCUT2D eigenvalue weighted by Crippen LogP contribution is -2.15. The van der Waals surface area contributed by atoms with Crippen LogP contribution in [0, 0.1) is 20.8 Å². The predicted octanol–water partition coefficient (Wildman–Crippen LogP) is 3.88. The molecule has 1 amide bonds. The van der Waals surface area contributed by atoms with Crippen LogP contribution in [0.2, 0.25) is 0 Å². The third-order valence-electron chi connectivity index (χ3n) is 3.72. The van der Waals surface area contributed by atoms with Gasteiger partial charge < -0.3 is 10.4 Å². The summed E-state index contributed by atoms with van der Waals surface area (Å²) in [5.74, 6) is -0.972. The average molecular weight is 311 g/mol. The fraction of sp³-hybridized carbons (Fsp3) is 0.263. The van der Waals surface area contributed by atoms with Crippen LogP contribution in [0.25, 0.3) is 0 Å². The first-order valence-corrected chi connectivity index (χ1v) is 7.57. The van der Waals surface area contributed by atoms with E-state index in [1.54, 1.807) is 6.07 Å². The first kappa shape index (κ1) is 16.7. The van der Waals surface area contributed by atoms with Gasteiger partial charge in [0.05, 0.1) is 0 Å². The molecule has 0 atom stereocenters. The summed E-state index contributed by atoms with van der Waals surface area (Å²) < 4.78 is 0. The topological polar surface area (TPSA) is 66.4 Å². The Labute approximate surface area is 136 Å². The SMILES string of the molecule is Cc1cc(C)c(C(=O)Nc2cccc(CCC(=O)O)c2)c(C)c1. The van der Waals surface area contributed by atoms with Gasteiger partial charge in [-0.15, -0.1) is 0 Å². The van der Waals surface area contributed by atoms with Crippen molar-refractivity contribution in [3.05, 3.63) is 64.2 Å². The van der Waals surface area contributed by atoms with Crippen LogP contribution in [0.15, 0.2) is 36.4 Å². The molecule has 2 aromatic carbocycles. The summed E-state index contributed by atoms with van der Waals surface area (Å²) in [7, 11) is 0. The normalized spacial score (nSPS) is 10.4. The highest BCUT2D eigenvalue weighted by Crippen LogP contribution is 2.19. The maximum Gasteiger partial charge on any atom is 0.303 e. The van der Waals surface area contributed by atoms with Gasteiger partial charge in [-0.1, -0.05) is 29.8 Å². The van der Waals surface area contributed by atoms with Gasteiger partial charge in [-0.05, 0) is 56.0 Å². The molecule has 2 aromatic rings. The number of carbonyl (C=O) groups is 2. The number of carboxylic acid groups (broad SMARTS) is 1. The third-order valence-corrected chi connectivity index (χ3v) is 3.72. The molecule has 0 aromatic heterocycles. The van der Waals surface area contributed by atoms with Gasteiger partial charge in [-0.2, -0.15) is 0 Å². The molecule has 0 unspecified atom stereocenters. The molecule has 0 aliphatic carbocycles. The molecule has 4 heteroatoms. The summed E-state index contributed by atoms with van der Waals surface area (Å²) >= 11 is 0. The summed E-state index contributed by atoms with van der Waals surface area (Å²) in [5.41, 5.74) is 5.28. The Hall–Kier alpha value is -2.62. The van der Waals surface area contributed by atoms with Gasteiger partial charge in [0.2, 0.25) is 0 Å². The molecule has 0 aliphatic heterocycles. The summed E-state index contributed by atoms with van der Waals surface area (Å²) in [6, 6.07) is 11.3. The number of carbonyl (C=O) groups excluding carboxylic acids is 1. The Bertz CT molecular complexity index is 727. The lowest BCUT2D eigenvalue weighted by atomic mass is 9.99. The Morgan fingerprint density at radius 1 is 1.04 bits per heavy atom. The number of carboxylic acids is 1. The molecule has 2 rings (SSSR count). The van der Waals surface area contributed by atoms with Gasteiger partial charge in [0.15, 0.2) is 0 Å². The van der Waals surface area contributed by atoms with Crippen molar-refractivity contribution in [3.8, 4) is 0 Å². The van der Waals surface area contributed by atoms with E-state index < -0.39 is 5.97 Å². The third kappa shape index (κ3) is 4.42. The number of anilines is 1. The van der Waals surface area contributed by atoms with Gasteiger partial charge in [0.25, 0.3) is 5.91 Å². The van der Waals surface area contributed by atoms with E-state index >= 15 is 0 Å². The first-order valence-electron chi connectivity index (χ1n) is 7.57. The number of aryl methyl sites for hydroxylation is 4. The molecule has 0 bridgehead atoms. The summed E-state index contributed by atoms with van der Waals surface area (Å²) in [6.07, 6.45) is 0.523. The molecule has 4 nitrogen and oxygen atoms in total. The van der Waals surface area contributed by atoms with Crippen LogP contribution < -0.4 is 5.32 Å². The smallest absolute Gasteiger partial charge is 0.303 e. The Balaban J connectivity index is 2.18. The van der Waals surface area contributed by atoms with E-state index in [0.29, 0.717) is 17.7 Å². The van der Waals surface area contributed by atoms with Crippen molar-refractivity contribution in [1.29, 1.82) is 0 Å². The first-order chi connectivity index (χ1) is 10.9. The van der Waals surface area contributed by atoms with Gasteiger partial charge in [-0.25, -0.2) is 0 Å². The van der Waals surface area contributed by atoms with E-state index in [1.165, 1.54) is 0 Å². The molecule has 2 N–H and O–H groups in total. The van der Waals surface area contributed by atoms with Crippen molar-refractivity contribution in [2.24, 2.45) is 0 Å². The van der Waals surface area contributed by atoms with Crippen LogP contribution in [-0.2, 0) is 11.2 Å². The lowest BCUT2D eigenvalue weighted by Gasteiger charge is -2.12. The average Bonchev–Trinajstić information content (AvgIpc) is 2.44. The number of aliphatic carboxylic acids is 1. The van der Waals surface area contributed by atoms with Crippen molar-refractivity contribution >= 4 is 17.6 Å². The number of rotatable bonds is 5. The van der Waals surface area contributed by atoms with Crippen molar-refractivity contribution in [1.82, 2.24) is 0 Å². The quantitative estimate of drug-likeness (QED) is 0.880. The predicted molar refractivity (Wildman–Crippen MR) is 91.0 cm³/mol. The molecule has 120 valence electrons. The van der Waals surface area contributed by atoms with E-state index in [4.69, 9.17) is 5.11 Å². The Morgan fingerprint density at radius 2 is 1.70 bits per heavy atom. The molecule has 0 saturated carbocycles. The summed E-state index contributed by atoms with van der Waals surface area (Å²) in [5, 5.41) is 11.7. The largest absolute Gasteiger partial charge is 0.481 e. The highest BCUT2D eigenvalue weighted by molar-refractivity contribution is 6.06. The fourth-order valence-electron chi connectivity index (χ4n) is 2.79. The second-order valence-corrected chi connectivity index (χ2v) is 5.82. The van der Waals surface area contributed by atoms with Crippen LogP contribution >= 0.6 is 0 Å². The number of benzene rings is 2. The van der Waals surface area contributed by atoms with Crippen molar-refractivity contribution < 1.29 is 14.7 Å². The van der Waals surface area contributed by atoms with E-state index in [0.717, 1.165) is 22.3 Å². The van der Waals surface area contributed by atoms with Gasteiger partial charge in [0.1, 0.15) is 0 Å². The molecular formula is C19H21NO3. The lowest BCUT2D eigenvalue weighted by molar-refractivity contribution is -0.136. The van der Waals surface area contributed by atoms with Gasteiger partial charge >= 0.3 is 5.97 Å². The van der Waals surface area contributed by atoms with Crippen LogP contribution in [0.1, 0.15) is 39.0 Å². The molecule has 0 aliphatic rings. The number of amides is 1. The van der Waals surface area contributed by atoms with Gasteiger partial charge in [-0.3, -0.25) is 9.59 Å². The minimum atomic E-state index is -0.828. The van der Waals surface area contributed by atoms with Crippen LogP contribution in [0.5, 0.6) is 0 Å². The van der Waals surface area contributed by atoms with Crippen molar-refractivity contribution in [2.75, 3.05) is 5.32 Å². The molecule has 0 saturated heterocycles. The Morgan fingerprint density at radius 3 is 2.30 bits per heavy atom. The van der Waals surface area contributed by atoms with Crippen molar-refractivity contribution in [2.45, 2.75) is 33.6 Å². The van der Waals surface area contributed by atoms with E-state index in [9.17, 15) is 9.59 Å².